The van der Waals surface area contributed by atoms with Crippen molar-refractivity contribution in [2.75, 3.05) is 18.4 Å². The van der Waals surface area contributed by atoms with Crippen LogP contribution in [0, 0.1) is 5.92 Å². The lowest BCUT2D eigenvalue weighted by Crippen LogP contribution is -2.40. The lowest BCUT2D eigenvalue weighted by molar-refractivity contribution is -0.137. The van der Waals surface area contributed by atoms with E-state index in [1.54, 1.807) is 18.2 Å². The molecule has 1 unspecified atom stereocenters. The van der Waals surface area contributed by atoms with Crippen LogP contribution in [0.25, 0.3) is 11.4 Å². The standard InChI is InChI=1S/C22H20ClF3N4O2/c23-17-9-3-1-7-15(17)20-28-19(32-29-20)13-30-11-5-6-14(12-30)21(31)27-18-10-4-2-8-16(18)22(24,25)26/h1-4,7-10,14H,5-6,11-13H2,(H,27,31). The Bertz CT molecular complexity index is 1100. The second kappa shape index (κ2) is 9.30. The number of rotatable bonds is 5. The fourth-order valence-corrected chi connectivity index (χ4v) is 3.97. The van der Waals surface area contributed by atoms with Gasteiger partial charge in [-0.3, -0.25) is 9.69 Å². The number of amides is 1. The zero-order chi connectivity index (χ0) is 22.7. The molecule has 0 aliphatic carbocycles. The largest absolute Gasteiger partial charge is 0.418 e. The molecule has 10 heteroatoms. The van der Waals surface area contributed by atoms with Crippen molar-refractivity contribution in [2.45, 2.75) is 25.6 Å². The van der Waals surface area contributed by atoms with Gasteiger partial charge in [-0.2, -0.15) is 18.2 Å². The molecule has 1 fully saturated rings. The molecule has 1 saturated heterocycles. The molecule has 1 aliphatic rings. The highest BCUT2D eigenvalue weighted by Gasteiger charge is 2.34. The Kier molecular flexibility index (Phi) is 6.48. The Morgan fingerprint density at radius 3 is 2.72 bits per heavy atom. The van der Waals surface area contributed by atoms with Gasteiger partial charge in [0.15, 0.2) is 0 Å². The van der Waals surface area contributed by atoms with E-state index in [0.717, 1.165) is 12.5 Å². The van der Waals surface area contributed by atoms with E-state index in [9.17, 15) is 18.0 Å². The number of alkyl halides is 3. The van der Waals surface area contributed by atoms with Gasteiger partial charge >= 0.3 is 6.18 Å². The number of piperidine rings is 1. The van der Waals surface area contributed by atoms with E-state index in [2.05, 4.69) is 15.5 Å². The molecule has 1 N–H and O–H groups in total. The molecule has 32 heavy (non-hydrogen) atoms. The number of benzene rings is 2. The zero-order valence-electron chi connectivity index (χ0n) is 16.9. The SMILES string of the molecule is O=C(Nc1ccccc1C(F)(F)F)C1CCCN(Cc2nc(-c3ccccc3Cl)no2)C1. The van der Waals surface area contributed by atoms with Gasteiger partial charge in [-0.25, -0.2) is 0 Å². The van der Waals surface area contributed by atoms with Crippen LogP contribution in [0.1, 0.15) is 24.3 Å². The minimum Gasteiger partial charge on any atom is -0.338 e. The van der Waals surface area contributed by atoms with Crippen molar-refractivity contribution in [3.8, 4) is 11.4 Å². The molecule has 1 atom stereocenters. The summed E-state index contributed by atoms with van der Waals surface area (Å²) >= 11 is 6.17. The highest BCUT2D eigenvalue weighted by molar-refractivity contribution is 6.33. The fraction of sp³-hybridized carbons (Fsp3) is 0.318. The third kappa shape index (κ3) is 5.11. The molecule has 6 nitrogen and oxygen atoms in total. The molecule has 4 rings (SSSR count). The van der Waals surface area contributed by atoms with Crippen molar-refractivity contribution in [3.05, 3.63) is 65.0 Å². The van der Waals surface area contributed by atoms with Gasteiger partial charge in [-0.15, -0.1) is 0 Å². The minimum absolute atomic E-state index is 0.233. The molecule has 0 radical (unpaired) electrons. The number of carbonyl (C=O) groups is 1. The summed E-state index contributed by atoms with van der Waals surface area (Å²) in [5.74, 6) is -0.131. The number of para-hydroxylation sites is 1. The van der Waals surface area contributed by atoms with Crippen molar-refractivity contribution in [3.63, 3.8) is 0 Å². The number of carbonyl (C=O) groups excluding carboxylic acids is 1. The summed E-state index contributed by atoms with van der Waals surface area (Å²) < 4.78 is 44.9. The predicted octanol–water partition coefficient (Wildman–Crippen LogP) is 5.26. The van der Waals surface area contributed by atoms with Gasteiger partial charge in [0.05, 0.1) is 28.7 Å². The average molecular weight is 465 g/mol. The maximum Gasteiger partial charge on any atom is 0.418 e. The van der Waals surface area contributed by atoms with Crippen LogP contribution < -0.4 is 5.32 Å². The average Bonchev–Trinajstić information content (AvgIpc) is 3.22. The van der Waals surface area contributed by atoms with Crippen molar-refractivity contribution >= 4 is 23.2 Å². The molecule has 2 heterocycles. The lowest BCUT2D eigenvalue weighted by Gasteiger charge is -2.31. The summed E-state index contributed by atoms with van der Waals surface area (Å²) in [4.78, 5) is 19.1. The predicted molar refractivity (Wildman–Crippen MR) is 113 cm³/mol. The molecule has 0 bridgehead atoms. The highest BCUT2D eigenvalue weighted by atomic mass is 35.5. The molecule has 0 saturated carbocycles. The molecule has 1 aromatic heterocycles. The third-order valence-electron chi connectivity index (χ3n) is 5.31. The van der Waals surface area contributed by atoms with Crippen molar-refractivity contribution < 1.29 is 22.5 Å². The highest BCUT2D eigenvalue weighted by Crippen LogP contribution is 2.35. The van der Waals surface area contributed by atoms with Gasteiger partial charge in [0.1, 0.15) is 0 Å². The summed E-state index contributed by atoms with van der Waals surface area (Å²) in [5, 5.41) is 6.93. The minimum atomic E-state index is -4.54. The van der Waals surface area contributed by atoms with Crippen LogP contribution in [-0.2, 0) is 17.5 Å². The van der Waals surface area contributed by atoms with Crippen molar-refractivity contribution in [2.24, 2.45) is 5.92 Å². The third-order valence-corrected chi connectivity index (χ3v) is 5.64. The maximum atomic E-state index is 13.2. The number of nitrogens with zero attached hydrogens (tertiary/aromatic N) is 3. The summed E-state index contributed by atoms with van der Waals surface area (Å²) in [6.07, 6.45) is -3.23. The first-order valence-corrected chi connectivity index (χ1v) is 10.5. The first-order valence-electron chi connectivity index (χ1n) is 10.1. The van der Waals surface area contributed by atoms with Crippen LogP contribution in [0.5, 0.6) is 0 Å². The monoisotopic (exact) mass is 464 g/mol. The van der Waals surface area contributed by atoms with Gasteiger partial charge in [0.25, 0.3) is 0 Å². The molecular weight excluding hydrogens is 445 g/mol. The van der Waals surface area contributed by atoms with Gasteiger partial charge in [-0.05, 0) is 43.7 Å². The smallest absolute Gasteiger partial charge is 0.338 e. The van der Waals surface area contributed by atoms with Crippen molar-refractivity contribution in [1.82, 2.24) is 15.0 Å². The molecule has 168 valence electrons. The quantitative estimate of drug-likeness (QED) is 0.557. The van der Waals surface area contributed by atoms with E-state index in [1.807, 2.05) is 11.0 Å². The van der Waals surface area contributed by atoms with Gasteiger partial charge < -0.3 is 9.84 Å². The van der Waals surface area contributed by atoms with E-state index < -0.39 is 23.6 Å². The van der Waals surface area contributed by atoms with E-state index in [4.69, 9.17) is 16.1 Å². The van der Waals surface area contributed by atoms with E-state index >= 15 is 0 Å². The number of anilines is 1. The lowest BCUT2D eigenvalue weighted by atomic mass is 9.97. The van der Waals surface area contributed by atoms with Gasteiger partial charge in [-0.1, -0.05) is 41.0 Å². The van der Waals surface area contributed by atoms with E-state index in [-0.39, 0.29) is 5.69 Å². The summed E-state index contributed by atoms with van der Waals surface area (Å²) in [5.41, 5.74) is -0.439. The first-order chi connectivity index (χ1) is 15.3. The summed E-state index contributed by atoms with van der Waals surface area (Å²) in [6.45, 7) is 1.43. The van der Waals surface area contributed by atoms with E-state index in [0.29, 0.717) is 48.4 Å². The molecule has 3 aromatic rings. The number of aromatic nitrogens is 2. The van der Waals surface area contributed by atoms with Gasteiger partial charge in [0, 0.05) is 12.1 Å². The van der Waals surface area contributed by atoms with E-state index in [1.165, 1.54) is 18.2 Å². The maximum absolute atomic E-state index is 13.2. The van der Waals surface area contributed by atoms with Crippen LogP contribution in [-0.4, -0.2) is 34.0 Å². The Morgan fingerprint density at radius 2 is 1.94 bits per heavy atom. The fourth-order valence-electron chi connectivity index (χ4n) is 3.75. The summed E-state index contributed by atoms with van der Waals surface area (Å²) in [6, 6.07) is 12.1. The number of likely N-dealkylation sites (tertiary alicyclic amines) is 1. The van der Waals surface area contributed by atoms with Crippen LogP contribution in [0.2, 0.25) is 5.02 Å². The molecule has 1 aliphatic heterocycles. The topological polar surface area (TPSA) is 71.3 Å². The Hall–Kier alpha value is -2.91. The molecule has 1 amide bonds. The zero-order valence-corrected chi connectivity index (χ0v) is 17.7. The molecule has 2 aromatic carbocycles. The number of halogens is 4. The number of nitrogens with one attached hydrogen (secondary N) is 1. The number of hydrogen-bond donors (Lipinski definition) is 1. The Balaban J connectivity index is 1.40. The van der Waals surface area contributed by atoms with Crippen molar-refractivity contribution in [1.29, 1.82) is 0 Å². The van der Waals surface area contributed by atoms with Crippen LogP contribution >= 0.6 is 11.6 Å². The Labute approximate surface area is 187 Å². The first kappa shape index (κ1) is 22.3. The van der Waals surface area contributed by atoms with Crippen LogP contribution in [0.15, 0.2) is 53.1 Å². The second-order valence-corrected chi connectivity index (χ2v) is 8.01. The Morgan fingerprint density at radius 1 is 1.19 bits per heavy atom. The molecular formula is C22H20ClF3N4O2. The van der Waals surface area contributed by atoms with Crippen LogP contribution in [0.4, 0.5) is 18.9 Å². The normalized spacial score (nSPS) is 17.3. The summed E-state index contributed by atoms with van der Waals surface area (Å²) in [7, 11) is 0. The second-order valence-electron chi connectivity index (χ2n) is 7.60. The molecule has 0 spiro atoms. The van der Waals surface area contributed by atoms with Gasteiger partial charge in [0.2, 0.25) is 17.6 Å². The van der Waals surface area contributed by atoms with Crippen LogP contribution in [0.3, 0.4) is 0 Å². The number of hydrogen-bond acceptors (Lipinski definition) is 5.